The lowest BCUT2D eigenvalue weighted by Gasteiger charge is -2.06. The van der Waals surface area contributed by atoms with Crippen molar-refractivity contribution < 1.29 is 9.18 Å². The Kier molecular flexibility index (Phi) is 3.94. The normalized spacial score (nSPS) is 10.1. The van der Waals surface area contributed by atoms with Crippen LogP contribution >= 0.6 is 11.8 Å². The van der Waals surface area contributed by atoms with Gasteiger partial charge in [-0.3, -0.25) is 4.79 Å². The molecule has 1 amide bonds. The van der Waals surface area contributed by atoms with E-state index in [1.54, 1.807) is 17.8 Å². The maximum Gasteiger partial charge on any atom is 0.260 e. The topological polar surface area (TPSA) is 42.0 Å². The second kappa shape index (κ2) is 5.64. The predicted octanol–water partition coefficient (Wildman–Crippen LogP) is 3.19. The fourth-order valence-corrected chi connectivity index (χ4v) is 1.91. The molecule has 0 atom stereocenters. The number of benzene rings is 1. The Bertz CT molecular complexity index is 574. The molecule has 0 bridgehead atoms. The number of anilines is 1. The number of carbonyl (C=O) groups is 1. The molecule has 2 rings (SSSR count). The summed E-state index contributed by atoms with van der Waals surface area (Å²) in [6.45, 7) is 0. The van der Waals surface area contributed by atoms with E-state index in [1.165, 1.54) is 18.3 Å². The van der Waals surface area contributed by atoms with E-state index in [1.807, 2.05) is 24.5 Å². The molecule has 1 aromatic carbocycles. The van der Waals surface area contributed by atoms with Crippen LogP contribution in [0.3, 0.4) is 0 Å². The highest BCUT2D eigenvalue weighted by atomic mass is 32.2. The van der Waals surface area contributed by atoms with E-state index < -0.39 is 11.9 Å². The summed E-state index contributed by atoms with van der Waals surface area (Å²) in [4.78, 5) is 16.3. The minimum Gasteiger partial charge on any atom is -0.322 e. The van der Waals surface area contributed by atoms with Gasteiger partial charge in [-0.2, -0.15) is 4.39 Å². The van der Waals surface area contributed by atoms with Crippen LogP contribution in [0.5, 0.6) is 0 Å². The van der Waals surface area contributed by atoms with Gasteiger partial charge in [0.1, 0.15) is 0 Å². The SMILES string of the molecule is CSc1cccc(NC(=O)c2cccnc2F)c1. The molecule has 1 aromatic heterocycles. The molecule has 0 saturated heterocycles. The molecule has 0 radical (unpaired) electrons. The van der Waals surface area contributed by atoms with Crippen molar-refractivity contribution in [2.45, 2.75) is 4.90 Å². The highest BCUT2D eigenvalue weighted by molar-refractivity contribution is 7.98. The largest absolute Gasteiger partial charge is 0.322 e. The first-order valence-electron chi connectivity index (χ1n) is 5.26. The number of pyridine rings is 1. The number of nitrogens with zero attached hydrogens (tertiary/aromatic N) is 1. The summed E-state index contributed by atoms with van der Waals surface area (Å²) >= 11 is 1.57. The summed E-state index contributed by atoms with van der Waals surface area (Å²) in [6, 6.07) is 10.3. The molecule has 5 heteroatoms. The second-order valence-electron chi connectivity index (χ2n) is 3.53. The fourth-order valence-electron chi connectivity index (χ4n) is 1.45. The zero-order valence-electron chi connectivity index (χ0n) is 9.68. The van der Waals surface area contributed by atoms with Crippen molar-refractivity contribution in [2.24, 2.45) is 0 Å². The van der Waals surface area contributed by atoms with Crippen LogP contribution < -0.4 is 5.32 Å². The van der Waals surface area contributed by atoms with E-state index in [-0.39, 0.29) is 5.56 Å². The average Bonchev–Trinajstić information content (AvgIpc) is 2.39. The monoisotopic (exact) mass is 262 g/mol. The minimum atomic E-state index is -0.768. The van der Waals surface area contributed by atoms with Gasteiger partial charge in [0.25, 0.3) is 5.91 Å². The van der Waals surface area contributed by atoms with Crippen molar-refractivity contribution >= 4 is 23.4 Å². The van der Waals surface area contributed by atoms with Gasteiger partial charge in [0.2, 0.25) is 5.95 Å². The zero-order chi connectivity index (χ0) is 13.0. The second-order valence-corrected chi connectivity index (χ2v) is 4.41. The van der Waals surface area contributed by atoms with Crippen LogP contribution in [0.4, 0.5) is 10.1 Å². The number of halogens is 1. The van der Waals surface area contributed by atoms with Crippen molar-refractivity contribution in [1.29, 1.82) is 0 Å². The van der Waals surface area contributed by atoms with Crippen LogP contribution in [0.1, 0.15) is 10.4 Å². The number of rotatable bonds is 3. The number of thioether (sulfide) groups is 1. The highest BCUT2D eigenvalue weighted by Gasteiger charge is 2.12. The van der Waals surface area contributed by atoms with E-state index in [0.717, 1.165) is 4.90 Å². The first kappa shape index (κ1) is 12.6. The van der Waals surface area contributed by atoms with Gasteiger partial charge in [-0.15, -0.1) is 11.8 Å². The van der Waals surface area contributed by atoms with Crippen LogP contribution in [0.25, 0.3) is 0 Å². The van der Waals surface area contributed by atoms with Gasteiger partial charge in [0, 0.05) is 16.8 Å². The minimum absolute atomic E-state index is 0.0629. The van der Waals surface area contributed by atoms with Gasteiger partial charge in [-0.05, 0) is 36.6 Å². The first-order valence-corrected chi connectivity index (χ1v) is 6.49. The molecule has 1 N–H and O–H groups in total. The third-order valence-corrected chi connectivity index (χ3v) is 3.06. The summed E-state index contributed by atoms with van der Waals surface area (Å²) in [5.74, 6) is -1.27. The van der Waals surface area contributed by atoms with Gasteiger partial charge in [0.05, 0.1) is 5.56 Å². The van der Waals surface area contributed by atoms with Crippen molar-refractivity contribution in [3.63, 3.8) is 0 Å². The van der Waals surface area contributed by atoms with Crippen LogP contribution in [0.15, 0.2) is 47.5 Å². The molecule has 0 aliphatic heterocycles. The van der Waals surface area contributed by atoms with Gasteiger partial charge in [0.15, 0.2) is 0 Å². The van der Waals surface area contributed by atoms with E-state index >= 15 is 0 Å². The molecule has 18 heavy (non-hydrogen) atoms. The molecule has 0 aliphatic rings. The predicted molar refractivity (Wildman–Crippen MR) is 70.4 cm³/mol. The molecule has 3 nitrogen and oxygen atoms in total. The van der Waals surface area contributed by atoms with E-state index in [2.05, 4.69) is 10.3 Å². The van der Waals surface area contributed by atoms with Gasteiger partial charge in [-0.25, -0.2) is 4.98 Å². The first-order chi connectivity index (χ1) is 8.70. The lowest BCUT2D eigenvalue weighted by Crippen LogP contribution is -2.14. The molecular weight excluding hydrogens is 251 g/mol. The molecule has 0 unspecified atom stereocenters. The van der Waals surface area contributed by atoms with Gasteiger partial charge in [-0.1, -0.05) is 6.07 Å². The number of nitrogens with one attached hydrogen (secondary N) is 1. The summed E-state index contributed by atoms with van der Waals surface area (Å²) in [5, 5.41) is 2.64. The van der Waals surface area contributed by atoms with Gasteiger partial charge >= 0.3 is 0 Å². The molecule has 0 spiro atoms. The van der Waals surface area contributed by atoms with Crippen molar-refractivity contribution in [3.8, 4) is 0 Å². The third-order valence-electron chi connectivity index (χ3n) is 2.33. The molecular formula is C13H11FN2OS. The summed E-state index contributed by atoms with van der Waals surface area (Å²) in [6.07, 6.45) is 3.25. The van der Waals surface area contributed by atoms with Crippen LogP contribution in [0, 0.1) is 5.95 Å². The number of aromatic nitrogens is 1. The molecule has 92 valence electrons. The number of hydrogen-bond acceptors (Lipinski definition) is 3. The van der Waals surface area contributed by atoms with Crippen molar-refractivity contribution in [2.75, 3.05) is 11.6 Å². The maximum absolute atomic E-state index is 13.3. The van der Waals surface area contributed by atoms with E-state index in [9.17, 15) is 9.18 Å². The third kappa shape index (κ3) is 2.87. The summed E-state index contributed by atoms with van der Waals surface area (Å²) < 4.78 is 13.3. The fraction of sp³-hybridized carbons (Fsp3) is 0.0769. The lowest BCUT2D eigenvalue weighted by molar-refractivity contribution is 0.102. The quantitative estimate of drug-likeness (QED) is 0.682. The Balaban J connectivity index is 2.19. The summed E-state index contributed by atoms with van der Waals surface area (Å²) in [7, 11) is 0. The summed E-state index contributed by atoms with van der Waals surface area (Å²) in [5.41, 5.74) is 0.571. The smallest absolute Gasteiger partial charge is 0.260 e. The van der Waals surface area contributed by atoms with Crippen LogP contribution in [0.2, 0.25) is 0 Å². The zero-order valence-corrected chi connectivity index (χ0v) is 10.5. The van der Waals surface area contributed by atoms with Crippen LogP contribution in [-0.2, 0) is 0 Å². The number of amides is 1. The Labute approximate surface area is 108 Å². The Morgan fingerprint density at radius 1 is 1.33 bits per heavy atom. The number of carbonyl (C=O) groups excluding carboxylic acids is 1. The number of hydrogen-bond donors (Lipinski definition) is 1. The Morgan fingerprint density at radius 2 is 2.17 bits per heavy atom. The molecule has 2 aromatic rings. The highest BCUT2D eigenvalue weighted by Crippen LogP contribution is 2.19. The Hall–Kier alpha value is -1.88. The maximum atomic E-state index is 13.3. The van der Waals surface area contributed by atoms with Crippen molar-refractivity contribution in [1.82, 2.24) is 4.98 Å². The van der Waals surface area contributed by atoms with E-state index in [4.69, 9.17) is 0 Å². The van der Waals surface area contributed by atoms with Crippen molar-refractivity contribution in [3.05, 3.63) is 54.1 Å². The molecule has 0 aliphatic carbocycles. The molecule has 0 saturated carbocycles. The van der Waals surface area contributed by atoms with Gasteiger partial charge < -0.3 is 5.32 Å². The lowest BCUT2D eigenvalue weighted by atomic mass is 10.2. The average molecular weight is 262 g/mol. The Morgan fingerprint density at radius 3 is 2.89 bits per heavy atom. The standard InChI is InChI=1S/C13H11FN2OS/c1-18-10-5-2-4-9(8-10)16-13(17)11-6-3-7-15-12(11)14/h2-8H,1H3,(H,16,17). The molecule has 0 fully saturated rings. The van der Waals surface area contributed by atoms with Crippen LogP contribution in [-0.4, -0.2) is 17.1 Å². The van der Waals surface area contributed by atoms with E-state index in [0.29, 0.717) is 5.69 Å². The molecule has 1 heterocycles.